The van der Waals surface area contributed by atoms with Crippen LogP contribution in [0.25, 0.3) is 10.9 Å². The Morgan fingerprint density at radius 2 is 1.72 bits per heavy atom. The van der Waals surface area contributed by atoms with Crippen molar-refractivity contribution in [3.8, 4) is 5.75 Å². The van der Waals surface area contributed by atoms with Gasteiger partial charge in [-0.15, -0.1) is 0 Å². The molecule has 0 atom stereocenters. The van der Waals surface area contributed by atoms with Crippen LogP contribution < -0.4 is 9.46 Å². The number of rotatable bonds is 9. The molecule has 0 radical (unpaired) electrons. The molecule has 1 N–H and O–H groups in total. The molecule has 1 amide bonds. The molecule has 0 fully saturated rings. The average Bonchev–Trinajstić information content (AvgIpc) is 3.05. The smallest absolute Gasteiger partial charge is 0.271 e. The van der Waals surface area contributed by atoms with Crippen LogP contribution in [0.4, 0.5) is 0 Å². The van der Waals surface area contributed by atoms with E-state index in [1.54, 1.807) is 12.1 Å². The first-order valence-corrected chi connectivity index (χ1v) is 11.9. The van der Waals surface area contributed by atoms with Crippen LogP contribution in [0.1, 0.15) is 35.5 Å². The first kappa shape index (κ1) is 23.2. The molecule has 32 heavy (non-hydrogen) atoms. The molecule has 0 spiro atoms. The molecule has 0 aliphatic heterocycles. The van der Waals surface area contributed by atoms with E-state index in [0.717, 1.165) is 11.8 Å². The zero-order chi connectivity index (χ0) is 23.5. The standard InChI is InChI=1S/C23H24N2O6S/c1-4-17-22(23(28)15(2)26)21-18(25(17)13-16-9-6-5-7-10-16)11-8-12-19(21)31-14-20(27)24-32(3,29)30/h5-12H,4,13-14H2,1-3H3,(H,24,27). The molecular formula is C23H24N2O6S. The summed E-state index contributed by atoms with van der Waals surface area (Å²) in [6, 6.07) is 14.8. The largest absolute Gasteiger partial charge is 0.483 e. The highest BCUT2D eigenvalue weighted by molar-refractivity contribution is 7.89. The number of sulfonamides is 1. The van der Waals surface area contributed by atoms with Gasteiger partial charge >= 0.3 is 0 Å². The van der Waals surface area contributed by atoms with E-state index in [1.807, 2.05) is 52.6 Å². The Morgan fingerprint density at radius 3 is 2.31 bits per heavy atom. The highest BCUT2D eigenvalue weighted by Crippen LogP contribution is 2.35. The lowest BCUT2D eigenvalue weighted by atomic mass is 10.0. The predicted molar refractivity (Wildman–Crippen MR) is 120 cm³/mol. The second-order valence-electron chi connectivity index (χ2n) is 7.37. The van der Waals surface area contributed by atoms with Crippen molar-refractivity contribution in [2.45, 2.75) is 26.8 Å². The van der Waals surface area contributed by atoms with Crippen LogP contribution in [0.5, 0.6) is 5.75 Å². The molecule has 0 unspecified atom stereocenters. The number of benzene rings is 2. The highest BCUT2D eigenvalue weighted by Gasteiger charge is 2.27. The minimum atomic E-state index is -3.73. The summed E-state index contributed by atoms with van der Waals surface area (Å²) < 4.78 is 31.9. The van der Waals surface area contributed by atoms with Gasteiger partial charge in [-0.1, -0.05) is 43.3 Å². The fraction of sp³-hybridized carbons (Fsp3) is 0.261. The van der Waals surface area contributed by atoms with Gasteiger partial charge in [-0.2, -0.15) is 0 Å². The monoisotopic (exact) mass is 456 g/mol. The molecule has 168 valence electrons. The van der Waals surface area contributed by atoms with E-state index in [1.165, 1.54) is 6.92 Å². The summed E-state index contributed by atoms with van der Waals surface area (Å²) in [7, 11) is -3.73. The second kappa shape index (κ2) is 9.35. The molecule has 0 saturated heterocycles. The van der Waals surface area contributed by atoms with Gasteiger partial charge in [-0.3, -0.25) is 19.1 Å². The van der Waals surface area contributed by atoms with Crippen molar-refractivity contribution in [2.24, 2.45) is 0 Å². The number of hydrogen-bond acceptors (Lipinski definition) is 6. The average molecular weight is 457 g/mol. The fourth-order valence-corrected chi connectivity index (χ4v) is 4.13. The zero-order valence-electron chi connectivity index (χ0n) is 18.0. The summed E-state index contributed by atoms with van der Waals surface area (Å²) in [5.41, 5.74) is 2.61. The fourth-order valence-electron chi connectivity index (χ4n) is 3.66. The van der Waals surface area contributed by atoms with Gasteiger partial charge in [0.15, 0.2) is 12.4 Å². The third-order valence-electron chi connectivity index (χ3n) is 4.88. The molecular weight excluding hydrogens is 432 g/mol. The summed E-state index contributed by atoms with van der Waals surface area (Å²) in [6.07, 6.45) is 1.36. The summed E-state index contributed by atoms with van der Waals surface area (Å²) in [6.45, 7) is 3.02. The van der Waals surface area contributed by atoms with E-state index < -0.39 is 34.1 Å². The van der Waals surface area contributed by atoms with Gasteiger partial charge in [0.25, 0.3) is 5.91 Å². The maximum absolute atomic E-state index is 12.9. The van der Waals surface area contributed by atoms with Crippen molar-refractivity contribution < 1.29 is 27.5 Å². The van der Waals surface area contributed by atoms with E-state index in [9.17, 15) is 22.8 Å². The number of amides is 1. The number of aromatic nitrogens is 1. The van der Waals surface area contributed by atoms with Crippen LogP contribution >= 0.6 is 0 Å². The van der Waals surface area contributed by atoms with Crippen molar-refractivity contribution in [3.63, 3.8) is 0 Å². The molecule has 0 saturated carbocycles. The lowest BCUT2D eigenvalue weighted by Crippen LogP contribution is -2.33. The van der Waals surface area contributed by atoms with Gasteiger partial charge < -0.3 is 9.30 Å². The molecule has 9 heteroatoms. The number of nitrogens with zero attached hydrogens (tertiary/aromatic N) is 1. The third-order valence-corrected chi connectivity index (χ3v) is 5.48. The van der Waals surface area contributed by atoms with E-state index in [4.69, 9.17) is 4.74 Å². The number of hydrogen-bond donors (Lipinski definition) is 1. The number of carbonyl (C=O) groups excluding carboxylic acids is 3. The summed E-state index contributed by atoms with van der Waals surface area (Å²) in [5.74, 6) is -1.88. The number of fused-ring (bicyclic) bond motifs is 1. The first-order chi connectivity index (χ1) is 15.1. The molecule has 3 rings (SSSR count). The Labute approximate surface area is 186 Å². The molecule has 1 aromatic heterocycles. The van der Waals surface area contributed by atoms with Crippen LogP contribution in [0.15, 0.2) is 48.5 Å². The Hall–Kier alpha value is -3.46. The second-order valence-corrected chi connectivity index (χ2v) is 9.12. The van der Waals surface area contributed by atoms with Crippen molar-refractivity contribution in [3.05, 3.63) is 65.4 Å². The summed E-state index contributed by atoms with van der Waals surface area (Å²) >= 11 is 0. The number of ketones is 2. The summed E-state index contributed by atoms with van der Waals surface area (Å²) in [4.78, 5) is 36.9. The molecule has 2 aromatic carbocycles. The Kier molecular flexibility index (Phi) is 6.78. The molecule has 0 aliphatic rings. The van der Waals surface area contributed by atoms with Crippen LogP contribution in [0.3, 0.4) is 0 Å². The van der Waals surface area contributed by atoms with Gasteiger partial charge in [-0.25, -0.2) is 8.42 Å². The van der Waals surface area contributed by atoms with Gasteiger partial charge in [0.05, 0.1) is 22.7 Å². The molecule has 3 aromatic rings. The van der Waals surface area contributed by atoms with E-state index in [0.29, 0.717) is 29.6 Å². The molecule has 8 nitrogen and oxygen atoms in total. The third kappa shape index (κ3) is 5.05. The van der Waals surface area contributed by atoms with Gasteiger partial charge in [0.2, 0.25) is 15.8 Å². The van der Waals surface area contributed by atoms with Gasteiger partial charge in [0.1, 0.15) is 5.75 Å². The Balaban J connectivity index is 2.14. The maximum atomic E-state index is 12.9. The quantitative estimate of drug-likeness (QED) is 0.391. The molecule has 0 aliphatic carbocycles. The van der Waals surface area contributed by atoms with Gasteiger partial charge in [-0.05, 0) is 24.1 Å². The van der Waals surface area contributed by atoms with Crippen molar-refractivity contribution >= 4 is 38.4 Å². The van der Waals surface area contributed by atoms with Crippen molar-refractivity contribution in [1.82, 2.24) is 9.29 Å². The number of Topliss-reactive ketones (excluding diaryl/α,β-unsaturated/α-hetero) is 2. The Bertz CT molecular complexity index is 1290. The van der Waals surface area contributed by atoms with Crippen LogP contribution in [0.2, 0.25) is 0 Å². The summed E-state index contributed by atoms with van der Waals surface area (Å²) in [5, 5.41) is 0.424. The number of ether oxygens (including phenoxy) is 1. The van der Waals surface area contributed by atoms with Crippen LogP contribution in [0, 0.1) is 0 Å². The first-order valence-electron chi connectivity index (χ1n) is 9.99. The minimum Gasteiger partial charge on any atom is -0.483 e. The molecule has 1 heterocycles. The SMILES string of the molecule is CCc1c(C(=O)C(C)=O)c2c(OCC(=O)NS(C)(=O)=O)cccc2n1Cc1ccccc1. The van der Waals surface area contributed by atoms with E-state index in [2.05, 4.69) is 0 Å². The lowest BCUT2D eigenvalue weighted by molar-refractivity contribution is -0.121. The lowest BCUT2D eigenvalue weighted by Gasteiger charge is -2.11. The van der Waals surface area contributed by atoms with E-state index >= 15 is 0 Å². The van der Waals surface area contributed by atoms with Crippen molar-refractivity contribution in [2.75, 3.05) is 12.9 Å². The predicted octanol–water partition coefficient (Wildman–Crippen LogP) is 2.48. The Morgan fingerprint density at radius 1 is 1.03 bits per heavy atom. The van der Waals surface area contributed by atoms with Crippen LogP contribution in [-0.2, 0) is 32.6 Å². The number of nitrogens with one attached hydrogen (secondary N) is 1. The van der Waals surface area contributed by atoms with Crippen molar-refractivity contribution in [1.29, 1.82) is 0 Å². The zero-order valence-corrected chi connectivity index (χ0v) is 18.9. The highest BCUT2D eigenvalue weighted by atomic mass is 32.2. The molecule has 0 bridgehead atoms. The topological polar surface area (TPSA) is 112 Å². The minimum absolute atomic E-state index is 0.220. The number of carbonyl (C=O) groups is 3. The van der Waals surface area contributed by atoms with Crippen LogP contribution in [-0.4, -0.2) is 43.3 Å². The normalized spacial score (nSPS) is 11.3. The van der Waals surface area contributed by atoms with E-state index in [-0.39, 0.29) is 11.3 Å². The maximum Gasteiger partial charge on any atom is 0.271 e. The van der Waals surface area contributed by atoms with Gasteiger partial charge in [0, 0.05) is 19.2 Å².